The van der Waals surface area contributed by atoms with Crippen molar-refractivity contribution in [3.05, 3.63) is 65.2 Å². The van der Waals surface area contributed by atoms with Gasteiger partial charge in [0.25, 0.3) is 0 Å². The van der Waals surface area contributed by atoms with E-state index in [-0.39, 0.29) is 5.91 Å². The van der Waals surface area contributed by atoms with Crippen LogP contribution in [0, 0.1) is 13.8 Å². The third-order valence-corrected chi connectivity index (χ3v) is 5.53. The number of rotatable bonds is 6. The molecule has 0 aliphatic rings. The molecular weight excluding hydrogens is 356 g/mol. The molecule has 140 valence electrons. The summed E-state index contributed by atoms with van der Waals surface area (Å²) in [7, 11) is 3.77. The molecule has 0 N–H and O–H groups in total. The fraction of sp³-hybridized carbons (Fsp3) is 0.286. The van der Waals surface area contributed by atoms with E-state index < -0.39 is 0 Å². The number of hydrogen-bond acceptors (Lipinski definition) is 4. The van der Waals surface area contributed by atoms with Gasteiger partial charge in [0.1, 0.15) is 0 Å². The maximum absolute atomic E-state index is 12.5. The van der Waals surface area contributed by atoms with Crippen molar-refractivity contribution in [2.75, 3.05) is 12.8 Å². The monoisotopic (exact) mass is 380 g/mol. The zero-order valence-corrected chi connectivity index (χ0v) is 17.0. The normalized spacial score (nSPS) is 10.8. The minimum atomic E-state index is 0.0734. The molecule has 1 aromatic heterocycles. The van der Waals surface area contributed by atoms with Crippen molar-refractivity contribution in [2.24, 2.45) is 7.05 Å². The van der Waals surface area contributed by atoms with E-state index in [1.807, 2.05) is 49.0 Å². The van der Waals surface area contributed by atoms with Crippen LogP contribution in [0.4, 0.5) is 0 Å². The Morgan fingerprint density at radius 2 is 1.85 bits per heavy atom. The molecule has 0 unspecified atom stereocenters. The fourth-order valence-electron chi connectivity index (χ4n) is 2.88. The number of benzene rings is 2. The van der Waals surface area contributed by atoms with Crippen LogP contribution in [0.5, 0.6) is 0 Å². The van der Waals surface area contributed by atoms with Gasteiger partial charge in [0.2, 0.25) is 5.91 Å². The highest BCUT2D eigenvalue weighted by atomic mass is 32.2. The maximum atomic E-state index is 12.5. The summed E-state index contributed by atoms with van der Waals surface area (Å²) >= 11 is 1.41. The zero-order valence-electron chi connectivity index (χ0n) is 16.1. The molecule has 0 aliphatic carbocycles. The molecule has 3 rings (SSSR count). The number of aromatic nitrogens is 3. The molecule has 0 bridgehead atoms. The lowest BCUT2D eigenvalue weighted by Gasteiger charge is -2.18. The van der Waals surface area contributed by atoms with Crippen molar-refractivity contribution < 1.29 is 4.79 Å². The molecule has 0 atom stereocenters. The number of carbonyl (C=O) groups excluding carboxylic acids is 1. The Morgan fingerprint density at radius 1 is 1.11 bits per heavy atom. The second-order valence-electron chi connectivity index (χ2n) is 6.70. The summed E-state index contributed by atoms with van der Waals surface area (Å²) < 4.78 is 1.93. The lowest BCUT2D eigenvalue weighted by atomic mass is 10.1. The van der Waals surface area contributed by atoms with Gasteiger partial charge in [-0.2, -0.15) is 0 Å². The van der Waals surface area contributed by atoms with Crippen molar-refractivity contribution in [3.63, 3.8) is 0 Å². The number of nitrogens with zero attached hydrogens (tertiary/aromatic N) is 4. The van der Waals surface area contributed by atoms with E-state index >= 15 is 0 Å². The molecule has 0 spiro atoms. The lowest BCUT2D eigenvalue weighted by Crippen LogP contribution is -2.28. The Labute approximate surface area is 164 Å². The molecular formula is C21H24N4OS. The Kier molecular flexibility index (Phi) is 5.96. The first kappa shape index (κ1) is 19.2. The summed E-state index contributed by atoms with van der Waals surface area (Å²) in [4.78, 5) is 14.3. The molecule has 0 aliphatic heterocycles. The smallest absolute Gasteiger partial charge is 0.233 e. The first-order chi connectivity index (χ1) is 13.0. The van der Waals surface area contributed by atoms with Gasteiger partial charge < -0.3 is 9.47 Å². The van der Waals surface area contributed by atoms with Crippen molar-refractivity contribution in [3.8, 4) is 11.4 Å². The van der Waals surface area contributed by atoms with Gasteiger partial charge in [-0.3, -0.25) is 4.79 Å². The Hall–Kier alpha value is -2.60. The third kappa shape index (κ3) is 4.57. The van der Waals surface area contributed by atoms with E-state index in [0.29, 0.717) is 12.3 Å². The molecule has 1 amide bonds. The summed E-state index contributed by atoms with van der Waals surface area (Å²) in [6, 6.07) is 16.2. The first-order valence-electron chi connectivity index (χ1n) is 8.83. The molecule has 0 saturated carbocycles. The second-order valence-corrected chi connectivity index (χ2v) is 7.64. The van der Waals surface area contributed by atoms with Crippen LogP contribution in [0.25, 0.3) is 11.4 Å². The third-order valence-electron chi connectivity index (χ3n) is 4.52. The number of thioether (sulfide) groups is 1. The van der Waals surface area contributed by atoms with Gasteiger partial charge >= 0.3 is 0 Å². The molecule has 3 aromatic rings. The quantitative estimate of drug-likeness (QED) is 0.610. The average Bonchev–Trinajstić information content (AvgIpc) is 3.03. The van der Waals surface area contributed by atoms with Crippen molar-refractivity contribution in [2.45, 2.75) is 25.5 Å². The van der Waals surface area contributed by atoms with Crippen LogP contribution in [0.15, 0.2) is 53.7 Å². The van der Waals surface area contributed by atoms with Crippen LogP contribution in [0.2, 0.25) is 0 Å². The molecule has 2 aromatic carbocycles. The summed E-state index contributed by atoms with van der Waals surface area (Å²) in [5.41, 5.74) is 4.63. The molecule has 0 fully saturated rings. The highest BCUT2D eigenvalue weighted by Crippen LogP contribution is 2.22. The number of hydrogen-bond donors (Lipinski definition) is 0. The summed E-state index contributed by atoms with van der Waals surface area (Å²) in [5.74, 6) is 1.21. The predicted molar refractivity (Wildman–Crippen MR) is 110 cm³/mol. The Balaban J connectivity index is 1.61. The summed E-state index contributed by atoms with van der Waals surface area (Å²) in [5, 5.41) is 9.24. The summed E-state index contributed by atoms with van der Waals surface area (Å²) in [6.07, 6.45) is 0. The molecule has 0 radical (unpaired) electrons. The van der Waals surface area contributed by atoms with Gasteiger partial charge in [0.05, 0.1) is 5.75 Å². The SMILES string of the molecule is Cc1ccc(CN(C)C(=O)CSc2nnc(-c3ccccc3)n2C)c(C)c1. The van der Waals surface area contributed by atoms with E-state index in [1.54, 1.807) is 4.90 Å². The van der Waals surface area contributed by atoms with Crippen LogP contribution in [-0.4, -0.2) is 38.4 Å². The minimum absolute atomic E-state index is 0.0734. The van der Waals surface area contributed by atoms with Gasteiger partial charge in [-0.05, 0) is 25.0 Å². The van der Waals surface area contributed by atoms with Crippen LogP contribution in [-0.2, 0) is 18.4 Å². The standard InChI is InChI=1S/C21H24N4OS/c1-15-10-11-18(16(2)12-15)13-24(3)19(26)14-27-21-23-22-20(25(21)4)17-8-6-5-7-9-17/h5-12H,13-14H2,1-4H3. The predicted octanol–water partition coefficient (Wildman–Crippen LogP) is 3.85. The number of aryl methyl sites for hydroxylation is 2. The first-order valence-corrected chi connectivity index (χ1v) is 9.82. The largest absolute Gasteiger partial charge is 0.341 e. The zero-order chi connectivity index (χ0) is 19.4. The molecule has 1 heterocycles. The Morgan fingerprint density at radius 3 is 2.56 bits per heavy atom. The van der Waals surface area contributed by atoms with Crippen LogP contribution >= 0.6 is 11.8 Å². The van der Waals surface area contributed by atoms with E-state index in [9.17, 15) is 4.79 Å². The average molecular weight is 381 g/mol. The fourth-order valence-corrected chi connectivity index (χ4v) is 3.73. The van der Waals surface area contributed by atoms with Gasteiger partial charge in [-0.25, -0.2) is 0 Å². The Bertz CT molecular complexity index is 937. The van der Waals surface area contributed by atoms with E-state index in [2.05, 4.69) is 42.2 Å². The lowest BCUT2D eigenvalue weighted by molar-refractivity contribution is -0.127. The van der Waals surface area contributed by atoms with Crippen molar-refractivity contribution >= 4 is 17.7 Å². The maximum Gasteiger partial charge on any atom is 0.233 e. The van der Waals surface area contributed by atoms with E-state index in [1.165, 1.54) is 28.5 Å². The molecule has 6 heteroatoms. The molecule has 0 saturated heterocycles. The van der Waals surface area contributed by atoms with Crippen LogP contribution < -0.4 is 0 Å². The second kappa shape index (κ2) is 8.39. The molecule has 5 nitrogen and oxygen atoms in total. The minimum Gasteiger partial charge on any atom is -0.341 e. The topological polar surface area (TPSA) is 51.0 Å². The van der Waals surface area contributed by atoms with Gasteiger partial charge in [-0.15, -0.1) is 10.2 Å². The molecule has 27 heavy (non-hydrogen) atoms. The van der Waals surface area contributed by atoms with Crippen LogP contribution in [0.1, 0.15) is 16.7 Å². The van der Waals surface area contributed by atoms with Crippen molar-refractivity contribution in [1.29, 1.82) is 0 Å². The van der Waals surface area contributed by atoms with E-state index in [4.69, 9.17) is 0 Å². The van der Waals surface area contributed by atoms with Gasteiger partial charge in [0, 0.05) is 26.2 Å². The van der Waals surface area contributed by atoms with Crippen LogP contribution in [0.3, 0.4) is 0 Å². The van der Waals surface area contributed by atoms with Gasteiger partial charge in [0.15, 0.2) is 11.0 Å². The number of amides is 1. The summed E-state index contributed by atoms with van der Waals surface area (Å²) in [6.45, 7) is 4.77. The highest BCUT2D eigenvalue weighted by molar-refractivity contribution is 7.99. The van der Waals surface area contributed by atoms with Gasteiger partial charge in [-0.1, -0.05) is 65.9 Å². The van der Waals surface area contributed by atoms with Crippen molar-refractivity contribution in [1.82, 2.24) is 19.7 Å². The number of carbonyl (C=O) groups is 1. The van der Waals surface area contributed by atoms with E-state index in [0.717, 1.165) is 16.5 Å². The highest BCUT2D eigenvalue weighted by Gasteiger charge is 2.15.